The van der Waals surface area contributed by atoms with Crippen LogP contribution in [0.3, 0.4) is 0 Å². The molecule has 1 aromatic carbocycles. The third-order valence-corrected chi connectivity index (χ3v) is 11.1. The van der Waals surface area contributed by atoms with Gasteiger partial charge in [0, 0.05) is 36.8 Å². The zero-order chi connectivity index (χ0) is 27.9. The molecular formula is C29H34N6O3S2. The standard InChI is InChI=1S/C29H34N6O3S2/c1-19-31-13-10-24(32-19)28-33-25(22-4-2-3-5-23(22)27(36)34-29(18-30)11-12-29)26(39-28)20-6-8-21(9-7-20)35-14-16-40(37,38)17-15-35/h6-10,13,22-23,37-38H,2-5,11-12,14-17H2,1H3,(H,34,36)/t22-,23-/m1/s1. The molecule has 11 heteroatoms. The van der Waals surface area contributed by atoms with E-state index >= 15 is 0 Å². The molecule has 1 amide bonds. The molecule has 3 aromatic rings. The summed E-state index contributed by atoms with van der Waals surface area (Å²) < 4.78 is 20.0. The van der Waals surface area contributed by atoms with Crippen molar-refractivity contribution in [2.45, 2.75) is 56.9 Å². The third-order valence-electron chi connectivity index (χ3n) is 8.30. The molecule has 2 aromatic heterocycles. The molecule has 6 rings (SSSR count). The summed E-state index contributed by atoms with van der Waals surface area (Å²) in [5.41, 5.74) is 3.10. The van der Waals surface area contributed by atoms with Crippen LogP contribution in [0.1, 0.15) is 56.0 Å². The molecule has 210 valence electrons. The van der Waals surface area contributed by atoms with Gasteiger partial charge in [0.2, 0.25) is 5.91 Å². The smallest absolute Gasteiger partial charge is 0.225 e. The molecule has 3 aliphatic rings. The van der Waals surface area contributed by atoms with Crippen molar-refractivity contribution in [2.24, 2.45) is 5.92 Å². The molecule has 0 unspecified atom stereocenters. The van der Waals surface area contributed by atoms with Crippen LogP contribution in [0.25, 0.3) is 21.1 Å². The largest absolute Gasteiger partial charge is 0.368 e. The predicted molar refractivity (Wildman–Crippen MR) is 159 cm³/mol. The van der Waals surface area contributed by atoms with Crippen molar-refractivity contribution in [2.75, 3.05) is 29.5 Å². The van der Waals surface area contributed by atoms with Gasteiger partial charge in [-0.15, -0.1) is 11.3 Å². The van der Waals surface area contributed by atoms with E-state index in [-0.39, 0.29) is 17.7 Å². The fourth-order valence-corrected chi connectivity index (χ4v) is 8.11. The Morgan fingerprint density at radius 1 is 1.12 bits per heavy atom. The van der Waals surface area contributed by atoms with Gasteiger partial charge in [-0.05, 0) is 56.4 Å². The fourth-order valence-electron chi connectivity index (χ4n) is 5.77. The van der Waals surface area contributed by atoms with E-state index < -0.39 is 16.1 Å². The van der Waals surface area contributed by atoms with E-state index in [0.717, 1.165) is 58.2 Å². The van der Waals surface area contributed by atoms with Gasteiger partial charge in [-0.3, -0.25) is 13.9 Å². The zero-order valence-corrected chi connectivity index (χ0v) is 24.2. The van der Waals surface area contributed by atoms with E-state index in [1.54, 1.807) is 17.5 Å². The number of nitrogens with one attached hydrogen (secondary N) is 1. The number of rotatable bonds is 6. The molecule has 2 aliphatic carbocycles. The zero-order valence-electron chi connectivity index (χ0n) is 22.5. The molecule has 0 bridgehead atoms. The average Bonchev–Trinajstić information content (AvgIpc) is 3.59. The summed E-state index contributed by atoms with van der Waals surface area (Å²) in [4.78, 5) is 30.7. The number of benzene rings is 1. The van der Waals surface area contributed by atoms with E-state index in [1.165, 1.54) is 0 Å². The van der Waals surface area contributed by atoms with Crippen molar-refractivity contribution >= 4 is 33.5 Å². The lowest BCUT2D eigenvalue weighted by Crippen LogP contribution is -2.42. The predicted octanol–water partition coefficient (Wildman–Crippen LogP) is 5.59. The Bertz CT molecular complexity index is 1440. The first kappa shape index (κ1) is 27.1. The van der Waals surface area contributed by atoms with Crippen LogP contribution in [0.2, 0.25) is 0 Å². The first-order valence-corrected chi connectivity index (χ1v) is 16.6. The molecule has 1 saturated heterocycles. The van der Waals surface area contributed by atoms with Gasteiger partial charge in [-0.1, -0.05) is 25.0 Å². The highest BCUT2D eigenvalue weighted by Crippen LogP contribution is 2.47. The number of nitriles is 1. The van der Waals surface area contributed by atoms with Gasteiger partial charge in [-0.2, -0.15) is 15.9 Å². The fraction of sp³-hybridized carbons (Fsp3) is 0.483. The van der Waals surface area contributed by atoms with Crippen molar-refractivity contribution in [3.8, 4) is 27.2 Å². The van der Waals surface area contributed by atoms with Gasteiger partial charge in [0.05, 0.1) is 28.1 Å². The van der Waals surface area contributed by atoms with Gasteiger partial charge >= 0.3 is 0 Å². The summed E-state index contributed by atoms with van der Waals surface area (Å²) >= 11 is 1.59. The van der Waals surface area contributed by atoms with Crippen LogP contribution in [0.5, 0.6) is 0 Å². The van der Waals surface area contributed by atoms with Gasteiger partial charge in [0.25, 0.3) is 0 Å². The van der Waals surface area contributed by atoms with Crippen molar-refractivity contribution in [3.05, 3.63) is 48.0 Å². The minimum Gasteiger partial charge on any atom is -0.368 e. The number of aryl methyl sites for hydroxylation is 1. The minimum atomic E-state index is -2.45. The quantitative estimate of drug-likeness (QED) is 0.344. The van der Waals surface area contributed by atoms with E-state index in [1.807, 2.05) is 13.0 Å². The maximum Gasteiger partial charge on any atom is 0.225 e. The molecule has 2 atom stereocenters. The molecule has 0 spiro atoms. The molecule has 0 radical (unpaired) electrons. The first-order chi connectivity index (χ1) is 19.3. The van der Waals surface area contributed by atoms with Crippen LogP contribution in [0.4, 0.5) is 5.69 Å². The Balaban J connectivity index is 1.34. The van der Waals surface area contributed by atoms with E-state index in [0.29, 0.717) is 43.3 Å². The van der Waals surface area contributed by atoms with Crippen molar-refractivity contribution < 1.29 is 13.9 Å². The molecule has 40 heavy (non-hydrogen) atoms. The summed E-state index contributed by atoms with van der Waals surface area (Å²) in [6.07, 6.45) is 6.85. The summed E-state index contributed by atoms with van der Waals surface area (Å²) in [7, 11) is -2.45. The number of carbonyl (C=O) groups is 1. The number of anilines is 1. The monoisotopic (exact) mass is 578 g/mol. The normalized spacial score (nSPS) is 24.1. The van der Waals surface area contributed by atoms with Gasteiger partial charge in [-0.25, -0.2) is 15.0 Å². The number of carbonyl (C=O) groups excluding carboxylic acids is 1. The molecule has 1 aliphatic heterocycles. The van der Waals surface area contributed by atoms with Crippen LogP contribution in [-0.4, -0.2) is 60.1 Å². The van der Waals surface area contributed by atoms with Crippen LogP contribution in [0.15, 0.2) is 36.5 Å². The third kappa shape index (κ3) is 5.59. The average molecular weight is 579 g/mol. The highest BCUT2D eigenvalue weighted by Gasteiger charge is 2.47. The van der Waals surface area contributed by atoms with Crippen molar-refractivity contribution in [1.29, 1.82) is 5.26 Å². The number of hydrogen-bond acceptors (Lipinski definition) is 9. The lowest BCUT2D eigenvalue weighted by Gasteiger charge is -2.41. The second-order valence-corrected chi connectivity index (χ2v) is 14.6. The number of amides is 1. The Morgan fingerprint density at radius 3 is 2.52 bits per heavy atom. The molecule has 9 nitrogen and oxygen atoms in total. The molecule has 3 N–H and O–H groups in total. The van der Waals surface area contributed by atoms with E-state index in [9.17, 15) is 19.2 Å². The topological polar surface area (TPSA) is 135 Å². The maximum absolute atomic E-state index is 13.5. The van der Waals surface area contributed by atoms with Crippen LogP contribution in [0, 0.1) is 24.2 Å². The van der Waals surface area contributed by atoms with E-state index in [2.05, 4.69) is 50.5 Å². The first-order valence-electron chi connectivity index (χ1n) is 13.9. The summed E-state index contributed by atoms with van der Waals surface area (Å²) in [5.74, 6) is 1.17. The summed E-state index contributed by atoms with van der Waals surface area (Å²) in [6, 6.07) is 12.5. The molecule has 3 heterocycles. The number of aromatic nitrogens is 3. The number of hydrogen-bond donors (Lipinski definition) is 3. The highest BCUT2D eigenvalue weighted by atomic mass is 32.3. The second-order valence-electron chi connectivity index (χ2n) is 11.1. The van der Waals surface area contributed by atoms with Gasteiger partial charge in [0.15, 0.2) is 0 Å². The Labute approximate surface area is 240 Å². The Hall–Kier alpha value is -3.04. The molecular weight excluding hydrogens is 544 g/mol. The molecule has 2 saturated carbocycles. The number of nitrogens with zero attached hydrogens (tertiary/aromatic N) is 5. The lowest BCUT2D eigenvalue weighted by molar-refractivity contribution is -0.127. The Morgan fingerprint density at radius 2 is 1.85 bits per heavy atom. The minimum absolute atomic E-state index is 0.0338. The SMILES string of the molecule is Cc1nccc(-c2nc([C@@H]3CCCC[C@H]3C(=O)NC3(C#N)CC3)c(-c3ccc(N4CCS(O)(O)CC4)cc3)s2)n1. The van der Waals surface area contributed by atoms with Crippen LogP contribution < -0.4 is 10.2 Å². The van der Waals surface area contributed by atoms with Crippen molar-refractivity contribution in [1.82, 2.24) is 20.3 Å². The lowest BCUT2D eigenvalue weighted by atomic mass is 9.76. The van der Waals surface area contributed by atoms with E-state index in [4.69, 9.17) is 4.98 Å². The maximum atomic E-state index is 13.5. The van der Waals surface area contributed by atoms with Crippen molar-refractivity contribution in [3.63, 3.8) is 0 Å². The molecule has 3 fully saturated rings. The van der Waals surface area contributed by atoms with Crippen LogP contribution >= 0.6 is 21.9 Å². The second kappa shape index (κ2) is 10.7. The van der Waals surface area contributed by atoms with Gasteiger partial charge < -0.3 is 10.2 Å². The Kier molecular flexibility index (Phi) is 7.29. The summed E-state index contributed by atoms with van der Waals surface area (Å²) in [6.45, 7) is 3.10. The highest BCUT2D eigenvalue weighted by molar-refractivity contribution is 8.24. The van der Waals surface area contributed by atoms with Gasteiger partial charge in [0.1, 0.15) is 22.1 Å². The van der Waals surface area contributed by atoms with Crippen LogP contribution in [-0.2, 0) is 4.79 Å². The summed E-state index contributed by atoms with van der Waals surface area (Å²) in [5, 5.41) is 13.4. The number of thiazole rings is 1.